The van der Waals surface area contributed by atoms with Crippen LogP contribution in [0.4, 0.5) is 11.4 Å². The molecule has 0 radical (unpaired) electrons. The zero-order valence-corrected chi connectivity index (χ0v) is 32.6. The number of aliphatic hydroxyl groups is 1. The quantitative estimate of drug-likeness (QED) is 0.0611. The number of hydrogen-bond donors (Lipinski definition) is 4. The third kappa shape index (κ3) is 10.1. The molecule has 2 aliphatic rings. The van der Waals surface area contributed by atoms with Crippen LogP contribution in [0.1, 0.15) is 82.4 Å². The Morgan fingerprint density at radius 1 is 0.769 bits per heavy atom. The van der Waals surface area contributed by atoms with Gasteiger partial charge in [-0.05, 0) is 76.8 Å². The highest BCUT2D eigenvalue weighted by Crippen LogP contribution is 2.51. The first-order valence-corrected chi connectivity index (χ1v) is 22.1. The lowest BCUT2D eigenvalue weighted by molar-refractivity contribution is -0.437. The highest BCUT2D eigenvalue weighted by molar-refractivity contribution is 7.86. The number of hydrogen-bond acceptors (Lipinski definition) is 8. The Morgan fingerprint density at radius 2 is 1.44 bits per heavy atom. The molecule has 2 aromatic rings. The molecule has 2 aromatic carbocycles. The lowest BCUT2D eigenvalue weighted by Crippen LogP contribution is -2.30. The molecule has 52 heavy (non-hydrogen) atoms. The maximum atomic E-state index is 12.0. The molecular weight excluding hydrogens is 729 g/mol. The molecular formula is C37H51N2O10S3+. The van der Waals surface area contributed by atoms with Crippen LogP contribution in [0.3, 0.4) is 0 Å². The molecule has 0 aliphatic carbocycles. The number of rotatable bonds is 18. The molecule has 15 heteroatoms. The van der Waals surface area contributed by atoms with E-state index in [1.807, 2.05) is 67.9 Å². The van der Waals surface area contributed by atoms with E-state index in [0.717, 1.165) is 60.3 Å². The summed E-state index contributed by atoms with van der Waals surface area (Å²) in [5, 5.41) is 9.26. The van der Waals surface area contributed by atoms with Gasteiger partial charge >= 0.3 is 0 Å². The summed E-state index contributed by atoms with van der Waals surface area (Å²) in [7, 11) is -12.8. The van der Waals surface area contributed by atoms with E-state index in [0.29, 0.717) is 17.8 Å². The molecule has 12 nitrogen and oxygen atoms in total. The SMILES string of the molecule is Cc1ccc2c(c1)C(C)(CCCCCCO)/C(=C/C=C/C=C/C1=[N+](CCCS(=O)(=O)O)c3ccc(S(=O)(=O)O)cc3C1(C)C)N2CCCS(=O)(=O)O. The topological polar surface area (TPSA) is 190 Å². The van der Waals surface area contributed by atoms with Crippen molar-refractivity contribution in [1.82, 2.24) is 0 Å². The van der Waals surface area contributed by atoms with Crippen LogP contribution in [-0.2, 0) is 41.2 Å². The van der Waals surface area contributed by atoms with Crippen LogP contribution in [0.5, 0.6) is 0 Å². The van der Waals surface area contributed by atoms with Gasteiger partial charge in [-0.15, -0.1) is 0 Å². The van der Waals surface area contributed by atoms with Gasteiger partial charge in [0.1, 0.15) is 6.54 Å². The van der Waals surface area contributed by atoms with Crippen LogP contribution in [-0.4, -0.2) is 85.5 Å². The number of anilines is 1. The second kappa shape index (κ2) is 16.5. The number of fused-ring (bicyclic) bond motifs is 2. The van der Waals surface area contributed by atoms with Crippen LogP contribution < -0.4 is 4.90 Å². The van der Waals surface area contributed by atoms with Gasteiger partial charge in [-0.3, -0.25) is 13.7 Å². The van der Waals surface area contributed by atoms with Crippen molar-refractivity contribution in [3.8, 4) is 0 Å². The summed E-state index contributed by atoms with van der Waals surface area (Å²) in [4.78, 5) is 1.87. The van der Waals surface area contributed by atoms with Crippen molar-refractivity contribution in [2.45, 2.75) is 88.4 Å². The van der Waals surface area contributed by atoms with E-state index in [2.05, 4.69) is 17.9 Å². The Kier molecular flexibility index (Phi) is 13.2. The summed E-state index contributed by atoms with van der Waals surface area (Å²) in [5.74, 6) is -0.812. The molecule has 2 heterocycles. The first kappa shape index (κ1) is 41.6. The molecule has 2 aliphatic heterocycles. The van der Waals surface area contributed by atoms with E-state index >= 15 is 0 Å². The van der Waals surface area contributed by atoms with E-state index < -0.39 is 46.9 Å². The fourth-order valence-corrected chi connectivity index (χ4v) is 8.83. The highest BCUT2D eigenvalue weighted by Gasteiger charge is 2.45. The van der Waals surface area contributed by atoms with Crippen LogP contribution in [0, 0.1) is 6.92 Å². The second-order valence-electron chi connectivity index (χ2n) is 14.3. The van der Waals surface area contributed by atoms with Gasteiger partial charge in [0.2, 0.25) is 5.69 Å². The molecule has 0 fully saturated rings. The summed E-state index contributed by atoms with van der Waals surface area (Å²) < 4.78 is 100. The maximum absolute atomic E-state index is 12.0. The van der Waals surface area contributed by atoms with Crippen LogP contribution in [0.2, 0.25) is 0 Å². The van der Waals surface area contributed by atoms with E-state index in [9.17, 15) is 44.0 Å². The Balaban J connectivity index is 1.72. The van der Waals surface area contributed by atoms with Crippen LogP contribution >= 0.6 is 0 Å². The van der Waals surface area contributed by atoms with Gasteiger partial charge in [-0.25, -0.2) is 0 Å². The second-order valence-corrected chi connectivity index (χ2v) is 18.8. The van der Waals surface area contributed by atoms with Crippen molar-refractivity contribution in [3.05, 3.63) is 89.2 Å². The number of aryl methyl sites for hydroxylation is 1. The standard InChI is InChI=1S/C37H50N2O10S3/c1-28-16-18-33-31(26-28)37(4,20-10-5-6-11-23-40)35(39(33)22-13-25-51(44,45)46)15-9-7-8-14-34-36(2,3)30-27-29(52(47,48)49)17-19-32(30)38(34)21-12-24-50(41,42)43/h7-9,14-19,26-27,40H,5-6,10-13,20-25H2,1-4H3,(H2-,41,42,43,44,45,46,47,48,49)/p+1. The molecule has 0 aromatic heterocycles. The highest BCUT2D eigenvalue weighted by atomic mass is 32.2. The fraction of sp³-hybridized carbons (Fsp3) is 0.486. The molecule has 4 N–H and O–H groups in total. The molecule has 1 atom stereocenters. The Morgan fingerprint density at radius 3 is 2.10 bits per heavy atom. The number of benzene rings is 2. The van der Waals surface area contributed by atoms with Gasteiger partial charge in [-0.1, -0.05) is 55.2 Å². The minimum Gasteiger partial charge on any atom is -0.396 e. The largest absolute Gasteiger partial charge is 0.396 e. The van der Waals surface area contributed by atoms with Crippen molar-refractivity contribution < 1.29 is 48.6 Å². The third-order valence-electron chi connectivity index (χ3n) is 9.94. The van der Waals surface area contributed by atoms with Gasteiger partial charge in [0.15, 0.2) is 5.71 Å². The average molecular weight is 780 g/mol. The first-order valence-electron chi connectivity index (χ1n) is 17.4. The summed E-state index contributed by atoms with van der Waals surface area (Å²) in [6.07, 6.45) is 14.2. The normalized spacial score (nSPS) is 19.8. The molecule has 4 rings (SSSR count). The van der Waals surface area contributed by atoms with Crippen molar-refractivity contribution in [3.63, 3.8) is 0 Å². The van der Waals surface area contributed by atoms with E-state index in [1.54, 1.807) is 6.07 Å². The Hall–Kier alpha value is -3.18. The van der Waals surface area contributed by atoms with E-state index in [4.69, 9.17) is 0 Å². The Bertz CT molecular complexity index is 2100. The van der Waals surface area contributed by atoms with Gasteiger partial charge < -0.3 is 10.0 Å². The molecule has 0 bridgehead atoms. The molecule has 0 amide bonds. The molecule has 0 saturated carbocycles. The maximum Gasteiger partial charge on any atom is 0.294 e. The summed E-state index contributed by atoms with van der Waals surface area (Å²) in [6, 6.07) is 10.5. The van der Waals surface area contributed by atoms with Gasteiger partial charge in [0.25, 0.3) is 30.4 Å². The number of nitrogens with zero attached hydrogens (tertiary/aromatic N) is 2. The first-order chi connectivity index (χ1) is 24.2. The van der Waals surface area contributed by atoms with Crippen molar-refractivity contribution in [2.75, 3.05) is 36.1 Å². The minimum atomic E-state index is -4.47. The summed E-state index contributed by atoms with van der Waals surface area (Å²) >= 11 is 0. The molecule has 1 unspecified atom stereocenters. The molecule has 0 saturated heterocycles. The predicted molar refractivity (Wildman–Crippen MR) is 204 cm³/mol. The number of aliphatic hydroxyl groups excluding tert-OH is 1. The van der Waals surface area contributed by atoms with Crippen LogP contribution in [0.15, 0.2) is 77.4 Å². The Labute approximate surface area is 308 Å². The van der Waals surface area contributed by atoms with Gasteiger partial charge in [0, 0.05) is 54.1 Å². The monoisotopic (exact) mass is 779 g/mol. The summed E-state index contributed by atoms with van der Waals surface area (Å²) in [6.45, 7) is 8.79. The van der Waals surface area contributed by atoms with Crippen molar-refractivity contribution >= 4 is 47.4 Å². The predicted octanol–water partition coefficient (Wildman–Crippen LogP) is 5.89. The van der Waals surface area contributed by atoms with E-state index in [1.165, 1.54) is 12.1 Å². The van der Waals surface area contributed by atoms with Crippen molar-refractivity contribution in [2.24, 2.45) is 0 Å². The van der Waals surface area contributed by atoms with Gasteiger partial charge in [0.05, 0.1) is 21.8 Å². The number of allylic oxidation sites excluding steroid dienone is 6. The van der Waals surface area contributed by atoms with E-state index in [-0.39, 0.29) is 36.6 Å². The van der Waals surface area contributed by atoms with Crippen LogP contribution in [0.25, 0.3) is 0 Å². The molecule has 0 spiro atoms. The summed E-state index contributed by atoms with van der Waals surface area (Å²) in [5.41, 5.74) is 5.13. The third-order valence-corrected chi connectivity index (χ3v) is 12.4. The van der Waals surface area contributed by atoms with Crippen molar-refractivity contribution in [1.29, 1.82) is 0 Å². The lowest BCUT2D eigenvalue weighted by Gasteiger charge is -2.30. The lowest BCUT2D eigenvalue weighted by atomic mass is 9.76. The van der Waals surface area contributed by atoms with Gasteiger partial charge in [-0.2, -0.15) is 29.8 Å². The molecule has 286 valence electrons. The zero-order valence-electron chi connectivity index (χ0n) is 30.2. The zero-order chi connectivity index (χ0) is 38.5. The number of unbranched alkanes of at least 4 members (excludes halogenated alkanes) is 3. The minimum absolute atomic E-state index is 0.111. The fourth-order valence-electron chi connectivity index (χ4n) is 7.34. The average Bonchev–Trinajstić information content (AvgIpc) is 3.38. The smallest absolute Gasteiger partial charge is 0.294 e.